The van der Waals surface area contributed by atoms with Crippen molar-refractivity contribution in [3.63, 3.8) is 0 Å². The summed E-state index contributed by atoms with van der Waals surface area (Å²) < 4.78 is 0. The van der Waals surface area contributed by atoms with Crippen LogP contribution in [0.3, 0.4) is 0 Å². The van der Waals surface area contributed by atoms with E-state index in [9.17, 15) is 0 Å². The average molecular weight is 311 g/mol. The number of rotatable bonds is 5. The van der Waals surface area contributed by atoms with Gasteiger partial charge in [-0.1, -0.05) is 13.5 Å². The van der Waals surface area contributed by atoms with Crippen LogP contribution in [0.25, 0.3) is 0 Å². The van der Waals surface area contributed by atoms with Crippen molar-refractivity contribution in [2.75, 3.05) is 73.5 Å². The maximum atomic E-state index is 3.49. The van der Waals surface area contributed by atoms with Crippen molar-refractivity contribution in [1.29, 1.82) is 0 Å². The van der Waals surface area contributed by atoms with Crippen molar-refractivity contribution in [3.05, 3.63) is 12.8 Å². The van der Waals surface area contributed by atoms with E-state index in [0.717, 1.165) is 5.92 Å². The molecule has 2 aliphatic heterocycles. The quantitative estimate of drug-likeness (QED) is 0.770. The van der Waals surface area contributed by atoms with Crippen LogP contribution in [0.15, 0.2) is 12.8 Å². The predicted molar refractivity (Wildman–Crippen MR) is 97.3 cm³/mol. The molecule has 0 unspecified atom stereocenters. The Bertz CT molecular complexity index is 277. The third-order valence-corrected chi connectivity index (χ3v) is 4.97. The summed E-state index contributed by atoms with van der Waals surface area (Å²) in [6.07, 6.45) is 6.05. The fraction of sp³-hybridized carbons (Fsp3) is 0.889. The molecule has 0 aliphatic carbocycles. The fourth-order valence-corrected chi connectivity index (χ4v) is 3.03. The van der Waals surface area contributed by atoms with Crippen molar-refractivity contribution < 1.29 is 0 Å². The molecule has 0 aromatic carbocycles. The molecule has 0 atom stereocenters. The molecule has 0 aromatic heterocycles. The zero-order chi connectivity index (χ0) is 16.4. The van der Waals surface area contributed by atoms with Crippen molar-refractivity contribution in [1.82, 2.24) is 19.6 Å². The molecule has 0 saturated carbocycles. The Morgan fingerprint density at radius 3 is 2.00 bits per heavy atom. The molecule has 2 heterocycles. The second-order valence-electron chi connectivity index (χ2n) is 6.96. The second-order valence-corrected chi connectivity index (χ2v) is 6.96. The zero-order valence-corrected chi connectivity index (χ0v) is 15.4. The van der Waals surface area contributed by atoms with E-state index in [1.807, 2.05) is 19.0 Å². The summed E-state index contributed by atoms with van der Waals surface area (Å²) in [6, 6.07) is 0. The van der Waals surface area contributed by atoms with E-state index in [1.165, 1.54) is 71.6 Å². The average Bonchev–Trinajstić information content (AvgIpc) is 2.55. The maximum absolute atomic E-state index is 3.49. The zero-order valence-electron chi connectivity index (χ0n) is 15.4. The first-order valence-corrected chi connectivity index (χ1v) is 8.97. The van der Waals surface area contributed by atoms with Crippen molar-refractivity contribution in [3.8, 4) is 0 Å². The smallest absolute Gasteiger partial charge is 0.0110 e. The molecule has 130 valence electrons. The lowest BCUT2D eigenvalue weighted by Gasteiger charge is -2.35. The van der Waals surface area contributed by atoms with E-state index in [1.54, 1.807) is 6.20 Å². The monoisotopic (exact) mass is 310 g/mol. The normalized spacial score (nSPS) is 22.0. The summed E-state index contributed by atoms with van der Waals surface area (Å²) in [4.78, 5) is 9.58. The summed E-state index contributed by atoms with van der Waals surface area (Å²) in [7, 11) is 6.11. The number of piperidine rings is 1. The molecule has 2 fully saturated rings. The summed E-state index contributed by atoms with van der Waals surface area (Å²) in [5.74, 6) is 0.998. The van der Waals surface area contributed by atoms with Gasteiger partial charge in [0.25, 0.3) is 0 Å². The van der Waals surface area contributed by atoms with Gasteiger partial charge in [0.2, 0.25) is 0 Å². The van der Waals surface area contributed by atoms with E-state index in [0.29, 0.717) is 0 Å². The van der Waals surface area contributed by atoms with Gasteiger partial charge in [-0.3, -0.25) is 0 Å². The molecule has 22 heavy (non-hydrogen) atoms. The topological polar surface area (TPSA) is 13.0 Å². The van der Waals surface area contributed by atoms with Crippen LogP contribution in [0.2, 0.25) is 0 Å². The van der Waals surface area contributed by atoms with Crippen LogP contribution in [-0.2, 0) is 0 Å². The highest BCUT2D eigenvalue weighted by molar-refractivity contribution is 4.75. The first kappa shape index (κ1) is 19.5. The molecule has 0 bridgehead atoms. The molecule has 0 amide bonds. The third kappa shape index (κ3) is 8.16. The molecule has 4 nitrogen and oxygen atoms in total. The number of likely N-dealkylation sites (tertiary alicyclic amines) is 1. The van der Waals surface area contributed by atoms with Gasteiger partial charge in [-0.2, -0.15) is 0 Å². The van der Waals surface area contributed by atoms with Crippen LogP contribution in [-0.4, -0.2) is 93.1 Å². The molecule has 0 aromatic rings. The third-order valence-electron chi connectivity index (χ3n) is 4.97. The van der Waals surface area contributed by atoms with E-state index in [-0.39, 0.29) is 0 Å². The lowest BCUT2D eigenvalue weighted by atomic mass is 9.93. The highest BCUT2D eigenvalue weighted by atomic mass is 15.2. The molecule has 2 rings (SSSR count). The first-order chi connectivity index (χ1) is 10.5. The molecular weight excluding hydrogens is 272 g/mol. The Kier molecular flexibility index (Phi) is 9.76. The standard InChI is InChI=1S/C14H29N3.C4H9N/c1-3-16-7-4-14(5-8-16)6-9-17-12-10-15(2)11-13-17;1-4-5(2)3/h14H,3-13H2,1-2H3;4H,1H2,2-3H3. The van der Waals surface area contributed by atoms with Crippen LogP contribution >= 0.6 is 0 Å². The minimum atomic E-state index is 0.998. The van der Waals surface area contributed by atoms with Crippen LogP contribution in [0, 0.1) is 5.92 Å². The molecule has 4 heteroatoms. The van der Waals surface area contributed by atoms with E-state index in [4.69, 9.17) is 0 Å². The molecule has 0 radical (unpaired) electrons. The first-order valence-electron chi connectivity index (χ1n) is 8.97. The minimum absolute atomic E-state index is 0.998. The van der Waals surface area contributed by atoms with Gasteiger partial charge >= 0.3 is 0 Å². The van der Waals surface area contributed by atoms with Crippen LogP contribution in [0.1, 0.15) is 26.2 Å². The van der Waals surface area contributed by atoms with Crippen molar-refractivity contribution >= 4 is 0 Å². The summed E-state index contributed by atoms with van der Waals surface area (Å²) in [6.45, 7) is 16.1. The second kappa shape index (κ2) is 11.0. The van der Waals surface area contributed by atoms with Crippen LogP contribution in [0.5, 0.6) is 0 Å². The molecule has 2 saturated heterocycles. The SMILES string of the molecule is C=CN(C)C.CCN1CCC(CCN2CCN(C)CC2)CC1. The number of hydrogen-bond donors (Lipinski definition) is 0. The Morgan fingerprint density at radius 2 is 1.55 bits per heavy atom. The summed E-state index contributed by atoms with van der Waals surface area (Å²) >= 11 is 0. The maximum Gasteiger partial charge on any atom is 0.0110 e. The Morgan fingerprint density at radius 1 is 1.00 bits per heavy atom. The van der Waals surface area contributed by atoms with Gasteiger partial charge in [-0.05, 0) is 64.6 Å². The Balaban J connectivity index is 0.000000422. The lowest BCUT2D eigenvalue weighted by molar-refractivity contribution is 0.131. The van der Waals surface area contributed by atoms with Crippen LogP contribution in [0.4, 0.5) is 0 Å². The van der Waals surface area contributed by atoms with E-state index in [2.05, 4.69) is 35.3 Å². The summed E-state index contributed by atoms with van der Waals surface area (Å²) in [5, 5.41) is 0. The van der Waals surface area contributed by atoms with Gasteiger partial charge in [0.05, 0.1) is 0 Å². The van der Waals surface area contributed by atoms with Gasteiger partial charge in [-0.25, -0.2) is 0 Å². The predicted octanol–water partition coefficient (Wildman–Crippen LogP) is 2.05. The largest absolute Gasteiger partial charge is 0.384 e. The van der Waals surface area contributed by atoms with Gasteiger partial charge in [0, 0.05) is 40.3 Å². The van der Waals surface area contributed by atoms with E-state index >= 15 is 0 Å². The summed E-state index contributed by atoms with van der Waals surface area (Å²) in [5.41, 5.74) is 0. The lowest BCUT2D eigenvalue weighted by Crippen LogP contribution is -2.45. The van der Waals surface area contributed by atoms with Crippen molar-refractivity contribution in [2.24, 2.45) is 5.92 Å². The minimum Gasteiger partial charge on any atom is -0.384 e. The van der Waals surface area contributed by atoms with Gasteiger partial charge in [-0.15, -0.1) is 0 Å². The van der Waals surface area contributed by atoms with Gasteiger partial charge in [0.1, 0.15) is 0 Å². The molecule has 2 aliphatic rings. The molecular formula is C18H38N4. The van der Waals surface area contributed by atoms with Gasteiger partial charge in [0.15, 0.2) is 0 Å². The Hall–Kier alpha value is -0.580. The molecule has 0 spiro atoms. The van der Waals surface area contributed by atoms with Crippen LogP contribution < -0.4 is 0 Å². The number of likely N-dealkylation sites (N-methyl/N-ethyl adjacent to an activating group) is 1. The van der Waals surface area contributed by atoms with Gasteiger partial charge < -0.3 is 19.6 Å². The molecule has 0 N–H and O–H groups in total. The highest BCUT2D eigenvalue weighted by Gasteiger charge is 2.20. The highest BCUT2D eigenvalue weighted by Crippen LogP contribution is 2.20. The van der Waals surface area contributed by atoms with Crippen molar-refractivity contribution in [2.45, 2.75) is 26.2 Å². The number of piperazine rings is 1. The number of nitrogens with zero attached hydrogens (tertiary/aromatic N) is 4. The fourth-order valence-electron chi connectivity index (χ4n) is 3.03. The van der Waals surface area contributed by atoms with E-state index < -0.39 is 0 Å². The Labute approximate surface area is 138 Å². The number of hydrogen-bond acceptors (Lipinski definition) is 4.